The molecule has 7 rings (SSSR count). The molecule has 0 spiro atoms. The zero-order chi connectivity index (χ0) is 31.6. The molecule has 5 heterocycles. The molecule has 1 aromatic carbocycles. The van der Waals surface area contributed by atoms with Gasteiger partial charge in [-0.15, -0.1) is 0 Å². The van der Waals surface area contributed by atoms with Gasteiger partial charge in [0.25, 0.3) is 11.8 Å². The molecule has 1 saturated carbocycles. The van der Waals surface area contributed by atoms with E-state index in [1.54, 1.807) is 28.8 Å². The number of aryl methyl sites for hydroxylation is 2. The highest BCUT2D eigenvalue weighted by Crippen LogP contribution is 2.39. The summed E-state index contributed by atoms with van der Waals surface area (Å²) in [7, 11) is 1.60. The Bertz CT molecular complexity index is 2010. The van der Waals surface area contributed by atoms with Gasteiger partial charge in [-0.25, -0.2) is 13.9 Å². The lowest BCUT2D eigenvalue weighted by Crippen LogP contribution is -2.45. The first-order valence-corrected chi connectivity index (χ1v) is 15.4. The second kappa shape index (κ2) is 11.0. The van der Waals surface area contributed by atoms with Gasteiger partial charge in [0.15, 0.2) is 0 Å². The van der Waals surface area contributed by atoms with E-state index in [0.717, 1.165) is 65.7 Å². The van der Waals surface area contributed by atoms with Crippen LogP contribution in [-0.2, 0) is 6.54 Å². The molecule has 1 aliphatic carbocycles. The van der Waals surface area contributed by atoms with Gasteiger partial charge in [-0.1, -0.05) is 0 Å². The van der Waals surface area contributed by atoms with Crippen LogP contribution >= 0.6 is 0 Å². The van der Waals surface area contributed by atoms with Gasteiger partial charge in [-0.3, -0.25) is 9.59 Å². The average Bonchev–Trinajstić information content (AvgIpc) is 3.70. The fourth-order valence-electron chi connectivity index (χ4n) is 6.54. The highest BCUT2D eigenvalue weighted by Gasteiger charge is 2.28. The van der Waals surface area contributed by atoms with Crippen molar-refractivity contribution in [3.05, 3.63) is 70.7 Å². The number of primary amides is 1. The number of piperidine rings is 1. The molecule has 4 aromatic heterocycles. The van der Waals surface area contributed by atoms with E-state index in [2.05, 4.69) is 10.6 Å². The molecule has 5 aromatic rings. The summed E-state index contributed by atoms with van der Waals surface area (Å²) in [4.78, 5) is 32.0. The predicted octanol–water partition coefficient (Wildman–Crippen LogP) is 4.85. The minimum atomic E-state index is -0.805. The number of ether oxygens (including phenoxy) is 1. The summed E-state index contributed by atoms with van der Waals surface area (Å²) in [5.74, 6) is -0.462. The Kier molecular flexibility index (Phi) is 7.07. The molecule has 232 valence electrons. The third kappa shape index (κ3) is 5.10. The van der Waals surface area contributed by atoms with Crippen LogP contribution in [0, 0.1) is 25.6 Å². The zero-order valence-corrected chi connectivity index (χ0v) is 25.6. The molecule has 2 amide bonds. The monoisotopic (exact) mass is 609 g/mol. The number of carbonyl (C=O) groups is 2. The van der Waals surface area contributed by atoms with Crippen LogP contribution in [0.15, 0.2) is 42.6 Å². The van der Waals surface area contributed by atoms with Crippen molar-refractivity contribution in [3.63, 3.8) is 0 Å². The number of halogens is 1. The lowest BCUT2D eigenvalue weighted by Gasteiger charge is -2.30. The number of likely N-dealkylation sites (tertiary alicyclic amines) is 1. The number of hydrogen-bond acceptors (Lipinski definition) is 6. The van der Waals surface area contributed by atoms with Crippen molar-refractivity contribution in [1.29, 1.82) is 0 Å². The highest BCUT2D eigenvalue weighted by atomic mass is 19.1. The summed E-state index contributed by atoms with van der Waals surface area (Å²) >= 11 is 0. The summed E-state index contributed by atoms with van der Waals surface area (Å²) < 4.78 is 24.5. The van der Waals surface area contributed by atoms with Crippen LogP contribution in [0.3, 0.4) is 0 Å². The number of nitrogens with two attached hydrogens (primary N) is 2. The minimum Gasteiger partial charge on any atom is -0.494 e. The Balaban J connectivity index is 1.35. The number of nitrogens with zero attached hydrogens (tertiary/aromatic N) is 5. The Morgan fingerprint density at radius 1 is 1.11 bits per heavy atom. The maximum Gasteiger partial charge on any atom is 0.255 e. The summed E-state index contributed by atoms with van der Waals surface area (Å²) in [5, 5.41) is 5.94. The highest BCUT2D eigenvalue weighted by molar-refractivity contribution is 5.96. The van der Waals surface area contributed by atoms with Gasteiger partial charge in [0.05, 0.1) is 29.6 Å². The third-order valence-electron chi connectivity index (χ3n) is 9.12. The van der Waals surface area contributed by atoms with E-state index in [4.69, 9.17) is 26.3 Å². The van der Waals surface area contributed by atoms with Crippen molar-refractivity contribution >= 4 is 28.4 Å². The molecule has 1 saturated heterocycles. The van der Waals surface area contributed by atoms with E-state index < -0.39 is 11.7 Å². The first-order valence-electron chi connectivity index (χ1n) is 15.4. The van der Waals surface area contributed by atoms with E-state index in [1.165, 1.54) is 12.1 Å². The molecule has 0 bridgehead atoms. The van der Waals surface area contributed by atoms with Gasteiger partial charge in [0.1, 0.15) is 28.4 Å². The van der Waals surface area contributed by atoms with Crippen LogP contribution in [-0.4, -0.2) is 62.1 Å². The normalized spacial score (nSPS) is 16.9. The number of benzene rings is 1. The van der Waals surface area contributed by atoms with Crippen molar-refractivity contribution in [2.24, 2.45) is 17.4 Å². The molecule has 0 radical (unpaired) electrons. The number of pyridine rings is 2. The van der Waals surface area contributed by atoms with Crippen molar-refractivity contribution in [3.8, 4) is 28.4 Å². The standard InChI is InChI=1S/C34H36FN7O3/c1-18-11-25(32(37)43)26(35)14-24(18)27-9-8-21-12-28(41(33(21)38-27)15-20-6-7-20)30-19(2)31-29(45-3)13-22(16-42(31)39-30)34(44)40-10-4-5-23(36)17-40/h8-9,11-14,16,20,23H,4-7,10,15,17,36H2,1-3H3,(H2,37,43). The van der Waals surface area contributed by atoms with Crippen LogP contribution in [0.25, 0.3) is 39.2 Å². The summed E-state index contributed by atoms with van der Waals surface area (Å²) in [5.41, 5.74) is 17.9. The summed E-state index contributed by atoms with van der Waals surface area (Å²) in [6.45, 7) is 5.80. The molecule has 4 N–H and O–H groups in total. The Morgan fingerprint density at radius 3 is 2.62 bits per heavy atom. The lowest BCUT2D eigenvalue weighted by molar-refractivity contribution is 0.0707. The first kappa shape index (κ1) is 29.0. The molecular weight excluding hydrogens is 573 g/mol. The smallest absolute Gasteiger partial charge is 0.255 e. The Hall–Kier alpha value is -4.77. The van der Waals surface area contributed by atoms with Crippen molar-refractivity contribution in [2.75, 3.05) is 20.2 Å². The molecule has 10 nitrogen and oxygen atoms in total. The average molecular weight is 610 g/mol. The second-order valence-electron chi connectivity index (χ2n) is 12.4. The summed E-state index contributed by atoms with van der Waals surface area (Å²) in [6, 6.07) is 10.5. The lowest BCUT2D eigenvalue weighted by atomic mass is 10.0. The number of aromatic nitrogens is 4. The number of amides is 2. The van der Waals surface area contributed by atoms with Gasteiger partial charge in [-0.2, -0.15) is 5.10 Å². The van der Waals surface area contributed by atoms with Crippen LogP contribution in [0.5, 0.6) is 5.75 Å². The number of hydrogen-bond donors (Lipinski definition) is 2. The fraction of sp³-hybridized carbons (Fsp3) is 0.353. The molecular formula is C34H36FN7O3. The van der Waals surface area contributed by atoms with E-state index in [0.29, 0.717) is 47.1 Å². The molecule has 2 aliphatic rings. The van der Waals surface area contributed by atoms with Crippen LogP contribution in [0.1, 0.15) is 57.5 Å². The van der Waals surface area contributed by atoms with E-state index in [-0.39, 0.29) is 17.5 Å². The minimum absolute atomic E-state index is 0.0215. The van der Waals surface area contributed by atoms with Crippen molar-refractivity contribution in [2.45, 2.75) is 52.1 Å². The van der Waals surface area contributed by atoms with Crippen molar-refractivity contribution < 1.29 is 18.7 Å². The van der Waals surface area contributed by atoms with Gasteiger partial charge in [0.2, 0.25) is 0 Å². The van der Waals surface area contributed by atoms with Crippen LogP contribution < -0.4 is 16.2 Å². The van der Waals surface area contributed by atoms with E-state index in [1.807, 2.05) is 26.0 Å². The van der Waals surface area contributed by atoms with Gasteiger partial charge >= 0.3 is 0 Å². The molecule has 11 heteroatoms. The number of rotatable bonds is 7. The number of carbonyl (C=O) groups excluding carboxylic acids is 2. The Labute approximate surface area is 259 Å². The number of fused-ring (bicyclic) bond motifs is 2. The Morgan fingerprint density at radius 2 is 1.91 bits per heavy atom. The molecule has 1 aliphatic heterocycles. The maximum absolute atomic E-state index is 14.8. The van der Waals surface area contributed by atoms with E-state index in [9.17, 15) is 14.0 Å². The van der Waals surface area contributed by atoms with Gasteiger partial charge in [0, 0.05) is 48.4 Å². The third-order valence-corrected chi connectivity index (χ3v) is 9.12. The fourth-order valence-corrected chi connectivity index (χ4v) is 6.54. The number of methoxy groups -OCH3 is 1. The molecule has 1 unspecified atom stereocenters. The second-order valence-corrected chi connectivity index (χ2v) is 12.4. The van der Waals surface area contributed by atoms with Crippen LogP contribution in [0.4, 0.5) is 4.39 Å². The predicted molar refractivity (Wildman–Crippen MR) is 170 cm³/mol. The topological polar surface area (TPSA) is 134 Å². The van der Waals surface area contributed by atoms with Crippen molar-refractivity contribution in [1.82, 2.24) is 24.1 Å². The SMILES string of the molecule is COc1cc(C(=O)N2CCCC(N)C2)cn2nc(-c3cc4ccc(-c5cc(F)c(C(N)=O)cc5C)nc4n3CC3CC3)c(C)c12. The zero-order valence-electron chi connectivity index (χ0n) is 25.6. The largest absolute Gasteiger partial charge is 0.494 e. The quantitative estimate of drug-likeness (QED) is 0.271. The molecule has 1 atom stereocenters. The van der Waals surface area contributed by atoms with Gasteiger partial charge in [-0.05, 0) is 87.4 Å². The summed E-state index contributed by atoms with van der Waals surface area (Å²) in [6.07, 6.45) is 5.85. The molecule has 45 heavy (non-hydrogen) atoms. The molecule has 2 fully saturated rings. The first-order chi connectivity index (χ1) is 21.6. The maximum atomic E-state index is 14.8. The van der Waals surface area contributed by atoms with Gasteiger partial charge < -0.3 is 25.7 Å². The van der Waals surface area contributed by atoms with E-state index >= 15 is 0 Å². The van der Waals surface area contributed by atoms with Crippen LogP contribution in [0.2, 0.25) is 0 Å².